The number of hydrogen-bond donors (Lipinski definition) is 2. The fourth-order valence-corrected chi connectivity index (χ4v) is 2.88. The summed E-state index contributed by atoms with van der Waals surface area (Å²) in [5.74, 6) is 2.10. The molecule has 2 N–H and O–H groups in total. The van der Waals surface area contributed by atoms with Crippen LogP contribution in [0, 0.1) is 12.3 Å². The van der Waals surface area contributed by atoms with E-state index in [0.717, 1.165) is 12.1 Å². The molecule has 2 fully saturated rings. The smallest absolute Gasteiger partial charge is 0.406 e. The van der Waals surface area contributed by atoms with Gasteiger partial charge in [-0.05, 0) is 30.7 Å². The number of nitrogens with one attached hydrogen (secondary N) is 2. The van der Waals surface area contributed by atoms with Crippen LogP contribution >= 0.6 is 0 Å². The summed E-state index contributed by atoms with van der Waals surface area (Å²) < 4.78 is 51.3. The molecule has 2 aliphatic rings. The zero-order valence-electron chi connectivity index (χ0n) is 12.9. The maximum Gasteiger partial charge on any atom is 0.573 e. The first kappa shape index (κ1) is 17.4. The molecule has 0 radical (unpaired) electrons. The van der Waals surface area contributed by atoms with E-state index in [1.807, 2.05) is 0 Å². The van der Waals surface area contributed by atoms with Crippen LogP contribution in [0.4, 0.5) is 23.7 Å². The largest absolute Gasteiger partial charge is 0.573 e. The van der Waals surface area contributed by atoms with Gasteiger partial charge in [-0.1, -0.05) is 5.92 Å². The molecule has 6 nitrogen and oxygen atoms in total. The quantitative estimate of drug-likeness (QED) is 0.816. The Labute approximate surface area is 141 Å². The van der Waals surface area contributed by atoms with Crippen molar-refractivity contribution < 1.29 is 32.2 Å². The fraction of sp³-hybridized carbons (Fsp3) is 0.438. The number of terminal acetylenes is 1. The van der Waals surface area contributed by atoms with Crippen LogP contribution in [0.1, 0.15) is 6.42 Å². The predicted octanol–water partition coefficient (Wildman–Crippen LogP) is 2.26. The number of rotatable bonds is 3. The second-order valence-electron chi connectivity index (χ2n) is 5.58. The number of fused-ring (bicyclic) bond motifs is 1. The number of urea groups is 1. The molecule has 1 unspecified atom stereocenters. The lowest BCUT2D eigenvalue weighted by molar-refractivity contribution is -0.274. The van der Waals surface area contributed by atoms with Crippen molar-refractivity contribution in [3.8, 4) is 18.1 Å². The summed E-state index contributed by atoms with van der Waals surface area (Å²) in [5, 5.41) is 5.22. The second-order valence-corrected chi connectivity index (χ2v) is 5.58. The van der Waals surface area contributed by atoms with Gasteiger partial charge in [0.15, 0.2) is 0 Å². The summed E-state index contributed by atoms with van der Waals surface area (Å²) in [6.45, 7) is 0.535. The highest BCUT2D eigenvalue weighted by Gasteiger charge is 2.48. The summed E-state index contributed by atoms with van der Waals surface area (Å²) in [6, 6.07) is 3.72. The van der Waals surface area contributed by atoms with E-state index in [2.05, 4.69) is 21.3 Å². The molecule has 25 heavy (non-hydrogen) atoms. The van der Waals surface area contributed by atoms with Crippen molar-refractivity contribution in [1.29, 1.82) is 0 Å². The number of carbonyl (C=O) groups is 1. The molecule has 134 valence electrons. The maximum absolute atomic E-state index is 12.1. The van der Waals surface area contributed by atoms with Gasteiger partial charge in [-0.15, -0.1) is 19.6 Å². The first-order valence-corrected chi connectivity index (χ1v) is 7.52. The monoisotopic (exact) mass is 356 g/mol. The SMILES string of the molecule is C#CC1O[C@@H]2CCO[C@@H]2[C@H]1NC(=O)Nc1ccc(OC(F)(F)F)cc1. The number of alkyl halides is 3. The minimum absolute atomic E-state index is 0.148. The first-order chi connectivity index (χ1) is 11.9. The minimum Gasteiger partial charge on any atom is -0.406 e. The van der Waals surface area contributed by atoms with Crippen LogP contribution in [-0.2, 0) is 9.47 Å². The lowest BCUT2D eigenvalue weighted by Gasteiger charge is -2.20. The average Bonchev–Trinajstić information content (AvgIpc) is 3.10. The Hall–Kier alpha value is -2.44. The molecule has 9 heteroatoms. The van der Waals surface area contributed by atoms with Crippen molar-refractivity contribution in [3.05, 3.63) is 24.3 Å². The van der Waals surface area contributed by atoms with E-state index in [4.69, 9.17) is 15.9 Å². The molecule has 0 aliphatic carbocycles. The molecule has 1 aromatic rings. The molecule has 1 aromatic carbocycles. The number of amides is 2. The van der Waals surface area contributed by atoms with E-state index in [1.54, 1.807) is 0 Å². The molecule has 0 bridgehead atoms. The standard InChI is InChI=1S/C16H15F3N2O4/c1-2-11-13(14-12(24-11)7-8-23-14)21-15(22)20-9-3-5-10(6-4-9)25-16(17,18)19/h1,3-6,11-14H,7-8H2,(H2,20,21,22)/t11?,12-,13+,14+/m1/s1. The van der Waals surface area contributed by atoms with Crippen LogP contribution in [0.15, 0.2) is 24.3 Å². The molecule has 4 atom stereocenters. The van der Waals surface area contributed by atoms with Crippen molar-refractivity contribution in [2.24, 2.45) is 0 Å². The number of halogens is 3. The van der Waals surface area contributed by atoms with Gasteiger partial charge in [0.2, 0.25) is 0 Å². The molecule has 0 aromatic heterocycles. The third kappa shape index (κ3) is 4.15. The van der Waals surface area contributed by atoms with Gasteiger partial charge in [0.25, 0.3) is 0 Å². The van der Waals surface area contributed by atoms with E-state index in [1.165, 1.54) is 12.1 Å². The van der Waals surface area contributed by atoms with Crippen LogP contribution < -0.4 is 15.4 Å². The van der Waals surface area contributed by atoms with Crippen molar-refractivity contribution in [2.75, 3.05) is 11.9 Å². The summed E-state index contributed by atoms with van der Waals surface area (Å²) >= 11 is 0. The molecule has 2 amide bonds. The van der Waals surface area contributed by atoms with Crippen LogP contribution in [0.3, 0.4) is 0 Å². The number of carbonyl (C=O) groups excluding carboxylic acids is 1. The Morgan fingerprint density at radius 1 is 1.32 bits per heavy atom. The number of hydrogen-bond acceptors (Lipinski definition) is 4. The van der Waals surface area contributed by atoms with Crippen molar-refractivity contribution in [2.45, 2.75) is 37.1 Å². The lowest BCUT2D eigenvalue weighted by Crippen LogP contribution is -2.48. The third-order valence-electron chi connectivity index (χ3n) is 3.89. The van der Waals surface area contributed by atoms with E-state index in [0.29, 0.717) is 18.7 Å². The van der Waals surface area contributed by atoms with Gasteiger partial charge in [0.05, 0.1) is 12.1 Å². The van der Waals surface area contributed by atoms with E-state index >= 15 is 0 Å². The zero-order chi connectivity index (χ0) is 18.0. The zero-order valence-corrected chi connectivity index (χ0v) is 12.9. The first-order valence-electron chi connectivity index (χ1n) is 7.52. The topological polar surface area (TPSA) is 68.8 Å². The average molecular weight is 356 g/mol. The van der Waals surface area contributed by atoms with Crippen LogP contribution in [0.2, 0.25) is 0 Å². The number of ether oxygens (including phenoxy) is 3. The van der Waals surface area contributed by atoms with E-state index in [9.17, 15) is 18.0 Å². The van der Waals surface area contributed by atoms with Crippen LogP contribution in [-0.4, -0.2) is 43.4 Å². The highest BCUT2D eigenvalue weighted by Crippen LogP contribution is 2.31. The summed E-state index contributed by atoms with van der Waals surface area (Å²) in [6.07, 6.45) is 0.307. The predicted molar refractivity (Wildman–Crippen MR) is 80.9 cm³/mol. The Balaban J connectivity index is 1.58. The normalized spacial score (nSPS) is 28.1. The molecule has 3 rings (SSSR count). The molecule has 2 heterocycles. The molecule has 2 aliphatic heterocycles. The molecular formula is C16H15F3N2O4. The van der Waals surface area contributed by atoms with Crippen molar-refractivity contribution in [3.63, 3.8) is 0 Å². The van der Waals surface area contributed by atoms with Crippen LogP contribution in [0.5, 0.6) is 5.75 Å². The van der Waals surface area contributed by atoms with E-state index in [-0.39, 0.29) is 18.0 Å². The minimum atomic E-state index is -4.77. The second kappa shape index (κ2) is 6.82. The van der Waals surface area contributed by atoms with Gasteiger partial charge in [-0.2, -0.15) is 0 Å². The Bertz CT molecular complexity index is 671. The van der Waals surface area contributed by atoms with Gasteiger partial charge >= 0.3 is 12.4 Å². The number of anilines is 1. The third-order valence-corrected chi connectivity index (χ3v) is 3.89. The number of benzene rings is 1. The lowest BCUT2D eigenvalue weighted by atomic mass is 10.1. The van der Waals surface area contributed by atoms with Crippen LogP contribution in [0.25, 0.3) is 0 Å². The van der Waals surface area contributed by atoms with Gasteiger partial charge in [0.1, 0.15) is 18.0 Å². The molecule has 0 spiro atoms. The molecule has 0 saturated carbocycles. The molecule has 2 saturated heterocycles. The fourth-order valence-electron chi connectivity index (χ4n) is 2.88. The highest BCUT2D eigenvalue weighted by molar-refractivity contribution is 5.89. The van der Waals surface area contributed by atoms with Gasteiger partial charge in [-0.25, -0.2) is 4.79 Å². The van der Waals surface area contributed by atoms with Gasteiger partial charge in [0, 0.05) is 12.3 Å². The van der Waals surface area contributed by atoms with Crippen molar-refractivity contribution in [1.82, 2.24) is 5.32 Å². The maximum atomic E-state index is 12.1. The molecular weight excluding hydrogens is 341 g/mol. The van der Waals surface area contributed by atoms with Gasteiger partial charge < -0.3 is 24.8 Å². The van der Waals surface area contributed by atoms with Crippen molar-refractivity contribution >= 4 is 11.7 Å². The highest BCUT2D eigenvalue weighted by atomic mass is 19.4. The summed E-state index contributed by atoms with van der Waals surface area (Å²) in [7, 11) is 0. The van der Waals surface area contributed by atoms with E-state index < -0.39 is 24.5 Å². The van der Waals surface area contributed by atoms with Gasteiger partial charge in [-0.3, -0.25) is 0 Å². The Kier molecular flexibility index (Phi) is 4.74. The Morgan fingerprint density at radius 3 is 2.68 bits per heavy atom. The summed E-state index contributed by atoms with van der Waals surface area (Å²) in [4.78, 5) is 12.1. The summed E-state index contributed by atoms with van der Waals surface area (Å²) in [5.41, 5.74) is 0.298. The Morgan fingerprint density at radius 2 is 2.04 bits per heavy atom.